The minimum Gasteiger partial charge on any atom is -0.490 e. The third-order valence-corrected chi connectivity index (χ3v) is 6.61. The van der Waals surface area contributed by atoms with Gasteiger partial charge in [0.2, 0.25) is 15.9 Å². The van der Waals surface area contributed by atoms with E-state index in [0.717, 1.165) is 12.1 Å². The van der Waals surface area contributed by atoms with Crippen LogP contribution in [0.15, 0.2) is 53.4 Å². The van der Waals surface area contributed by atoms with Crippen molar-refractivity contribution in [3.05, 3.63) is 59.7 Å². The number of hydrogen-bond acceptors (Lipinski definition) is 4. The van der Waals surface area contributed by atoms with Crippen LogP contribution in [-0.2, 0) is 16.2 Å². The first-order chi connectivity index (χ1) is 13.6. The average Bonchev–Trinajstić information content (AvgIpc) is 2.68. The van der Waals surface area contributed by atoms with Crippen molar-refractivity contribution >= 4 is 15.9 Å². The number of hydrogen-bond donors (Lipinski definition) is 1. The zero-order valence-electron chi connectivity index (χ0n) is 15.2. The zero-order chi connectivity index (χ0) is 21.2. The van der Waals surface area contributed by atoms with E-state index in [9.17, 15) is 26.4 Å². The molecular weight excluding hydrogens is 409 g/mol. The SMILES string of the molecule is NC(=O)c1ccccc1S(=O)(=O)N1CCC(Oc2ccc(C(F)(F)F)cc2)CC1. The van der Waals surface area contributed by atoms with Gasteiger partial charge < -0.3 is 10.5 Å². The summed E-state index contributed by atoms with van der Waals surface area (Å²) in [6, 6.07) is 10.1. The first-order valence-electron chi connectivity index (χ1n) is 8.82. The van der Waals surface area contributed by atoms with Gasteiger partial charge in [-0.2, -0.15) is 17.5 Å². The summed E-state index contributed by atoms with van der Waals surface area (Å²) in [4.78, 5) is 11.4. The van der Waals surface area contributed by atoms with Crippen LogP contribution in [0.5, 0.6) is 5.75 Å². The van der Waals surface area contributed by atoms with Crippen molar-refractivity contribution in [2.45, 2.75) is 30.0 Å². The highest BCUT2D eigenvalue weighted by Crippen LogP contribution is 2.31. The van der Waals surface area contributed by atoms with Crippen molar-refractivity contribution in [3.8, 4) is 5.75 Å². The second-order valence-electron chi connectivity index (χ2n) is 6.60. The van der Waals surface area contributed by atoms with E-state index >= 15 is 0 Å². The highest BCUT2D eigenvalue weighted by Gasteiger charge is 2.33. The normalized spacial score (nSPS) is 16.5. The Morgan fingerprint density at radius 2 is 1.62 bits per heavy atom. The predicted octanol–water partition coefficient (Wildman–Crippen LogP) is 3.04. The molecule has 1 fully saturated rings. The van der Waals surface area contributed by atoms with Gasteiger partial charge >= 0.3 is 6.18 Å². The Morgan fingerprint density at radius 1 is 1.03 bits per heavy atom. The van der Waals surface area contributed by atoms with Crippen LogP contribution in [0.3, 0.4) is 0 Å². The van der Waals surface area contributed by atoms with Gasteiger partial charge in [-0.25, -0.2) is 8.42 Å². The van der Waals surface area contributed by atoms with Crippen LogP contribution < -0.4 is 10.5 Å². The van der Waals surface area contributed by atoms with Gasteiger partial charge in [-0.1, -0.05) is 12.1 Å². The third kappa shape index (κ3) is 4.70. The van der Waals surface area contributed by atoms with E-state index in [4.69, 9.17) is 10.5 Å². The Morgan fingerprint density at radius 3 is 2.17 bits per heavy atom. The number of rotatable bonds is 5. The first kappa shape index (κ1) is 21.1. The first-order valence-corrected chi connectivity index (χ1v) is 10.3. The van der Waals surface area contributed by atoms with Crippen LogP contribution in [0.4, 0.5) is 13.2 Å². The molecule has 0 radical (unpaired) electrons. The monoisotopic (exact) mass is 428 g/mol. The molecule has 1 aliphatic rings. The number of alkyl halides is 3. The van der Waals surface area contributed by atoms with E-state index in [2.05, 4.69) is 0 Å². The number of carbonyl (C=O) groups is 1. The van der Waals surface area contributed by atoms with Crippen molar-refractivity contribution in [3.63, 3.8) is 0 Å². The molecule has 6 nitrogen and oxygen atoms in total. The van der Waals surface area contributed by atoms with E-state index in [0.29, 0.717) is 18.6 Å². The Kier molecular flexibility index (Phi) is 5.85. The Hall–Kier alpha value is -2.59. The maximum Gasteiger partial charge on any atom is 0.416 e. The lowest BCUT2D eigenvalue weighted by Crippen LogP contribution is -2.42. The van der Waals surface area contributed by atoms with Crippen LogP contribution in [0, 0.1) is 0 Å². The molecular formula is C19H19F3N2O4S. The summed E-state index contributed by atoms with van der Waals surface area (Å²) >= 11 is 0. The van der Waals surface area contributed by atoms with Crippen molar-refractivity contribution in [2.75, 3.05) is 13.1 Å². The lowest BCUT2D eigenvalue weighted by Gasteiger charge is -2.31. The fraction of sp³-hybridized carbons (Fsp3) is 0.316. The molecule has 3 rings (SSSR count). The van der Waals surface area contributed by atoms with Crippen LogP contribution in [-0.4, -0.2) is 37.8 Å². The average molecular weight is 428 g/mol. The minimum atomic E-state index is -4.42. The van der Waals surface area contributed by atoms with E-state index in [-0.39, 0.29) is 29.7 Å². The summed E-state index contributed by atoms with van der Waals surface area (Å²) in [6.45, 7) is 0.307. The number of nitrogens with zero attached hydrogens (tertiary/aromatic N) is 1. The van der Waals surface area contributed by atoms with Crippen LogP contribution >= 0.6 is 0 Å². The number of piperidine rings is 1. The van der Waals surface area contributed by atoms with Crippen molar-refractivity contribution in [1.29, 1.82) is 0 Å². The van der Waals surface area contributed by atoms with Gasteiger partial charge in [0, 0.05) is 13.1 Å². The van der Waals surface area contributed by atoms with Crippen molar-refractivity contribution in [2.24, 2.45) is 5.73 Å². The third-order valence-electron chi connectivity index (χ3n) is 4.66. The second kappa shape index (κ2) is 8.03. The zero-order valence-corrected chi connectivity index (χ0v) is 16.0. The highest BCUT2D eigenvalue weighted by atomic mass is 32.2. The number of halogens is 3. The van der Waals surface area contributed by atoms with E-state index < -0.39 is 27.7 Å². The van der Waals surface area contributed by atoms with Crippen LogP contribution in [0.25, 0.3) is 0 Å². The fourth-order valence-electron chi connectivity index (χ4n) is 3.14. The molecule has 0 bridgehead atoms. The number of primary amides is 1. The molecule has 0 aliphatic carbocycles. The topological polar surface area (TPSA) is 89.7 Å². The summed E-state index contributed by atoms with van der Waals surface area (Å²) in [5, 5.41) is 0. The van der Waals surface area contributed by atoms with Gasteiger partial charge in [0.1, 0.15) is 11.9 Å². The summed E-state index contributed by atoms with van der Waals surface area (Å²) < 4.78 is 70.6. The summed E-state index contributed by atoms with van der Waals surface area (Å²) in [7, 11) is -3.90. The number of ether oxygens (including phenoxy) is 1. The minimum absolute atomic E-state index is 0.0735. The predicted molar refractivity (Wildman–Crippen MR) is 98.8 cm³/mol. The fourth-order valence-corrected chi connectivity index (χ4v) is 4.81. The lowest BCUT2D eigenvalue weighted by atomic mass is 10.1. The highest BCUT2D eigenvalue weighted by molar-refractivity contribution is 7.89. The standard InChI is InChI=1S/C19H19F3N2O4S/c20-19(21,22)13-5-7-14(8-6-13)28-15-9-11-24(12-10-15)29(26,27)17-4-2-1-3-16(17)18(23)25/h1-8,15H,9-12H2,(H2,23,25). The summed E-state index contributed by atoms with van der Waals surface area (Å²) in [5.74, 6) is -0.539. The summed E-state index contributed by atoms with van der Waals surface area (Å²) in [5.41, 5.74) is 4.44. The molecule has 1 heterocycles. The smallest absolute Gasteiger partial charge is 0.416 e. The number of amides is 1. The second-order valence-corrected chi connectivity index (χ2v) is 8.51. The molecule has 0 unspecified atom stereocenters. The van der Waals surface area contributed by atoms with E-state index in [1.807, 2.05) is 0 Å². The van der Waals surface area contributed by atoms with Crippen LogP contribution in [0.1, 0.15) is 28.8 Å². The Bertz CT molecular complexity index is 983. The maximum absolute atomic E-state index is 12.9. The molecule has 0 saturated carbocycles. The van der Waals surface area contributed by atoms with Gasteiger partial charge in [-0.3, -0.25) is 4.79 Å². The van der Waals surface area contributed by atoms with Gasteiger partial charge in [0.25, 0.3) is 0 Å². The molecule has 1 saturated heterocycles. The molecule has 2 aromatic rings. The Labute approximate surface area is 166 Å². The van der Waals surface area contributed by atoms with Crippen molar-refractivity contribution < 1.29 is 31.1 Å². The number of sulfonamides is 1. The molecule has 1 aliphatic heterocycles. The molecule has 2 N–H and O–H groups in total. The maximum atomic E-state index is 12.9. The molecule has 2 aromatic carbocycles. The largest absolute Gasteiger partial charge is 0.490 e. The van der Waals surface area contributed by atoms with E-state index in [1.165, 1.54) is 40.7 Å². The summed E-state index contributed by atoms with van der Waals surface area (Å²) in [6.07, 6.45) is -4.03. The van der Waals surface area contributed by atoms with E-state index in [1.54, 1.807) is 0 Å². The van der Waals surface area contributed by atoms with Gasteiger partial charge in [0.05, 0.1) is 16.0 Å². The molecule has 29 heavy (non-hydrogen) atoms. The molecule has 0 atom stereocenters. The quantitative estimate of drug-likeness (QED) is 0.793. The molecule has 10 heteroatoms. The van der Waals surface area contributed by atoms with Gasteiger partial charge in [0.15, 0.2) is 0 Å². The van der Waals surface area contributed by atoms with Gasteiger partial charge in [-0.05, 0) is 49.2 Å². The Balaban J connectivity index is 1.65. The van der Waals surface area contributed by atoms with Crippen LogP contribution in [0.2, 0.25) is 0 Å². The molecule has 156 valence electrons. The lowest BCUT2D eigenvalue weighted by molar-refractivity contribution is -0.137. The number of nitrogens with two attached hydrogens (primary N) is 1. The molecule has 1 amide bonds. The number of benzene rings is 2. The molecule has 0 spiro atoms. The molecule has 0 aromatic heterocycles. The van der Waals surface area contributed by atoms with Crippen molar-refractivity contribution in [1.82, 2.24) is 4.31 Å². The van der Waals surface area contributed by atoms with Gasteiger partial charge in [-0.15, -0.1) is 0 Å². The number of carbonyl (C=O) groups excluding carboxylic acids is 1.